The molecular formula is C10H18N2O3. The Bertz CT molecular complexity index is 253. The van der Waals surface area contributed by atoms with Crippen molar-refractivity contribution in [2.45, 2.75) is 38.8 Å². The van der Waals surface area contributed by atoms with E-state index < -0.39 is 6.10 Å². The van der Waals surface area contributed by atoms with Gasteiger partial charge in [-0.2, -0.15) is 0 Å². The lowest BCUT2D eigenvalue weighted by Crippen LogP contribution is -2.41. The average molecular weight is 214 g/mol. The molecule has 86 valence electrons. The summed E-state index contributed by atoms with van der Waals surface area (Å²) in [5.41, 5.74) is 0. The minimum atomic E-state index is -0.420. The maximum absolute atomic E-state index is 11.6. The van der Waals surface area contributed by atoms with Crippen LogP contribution in [0.4, 0.5) is 0 Å². The zero-order valence-corrected chi connectivity index (χ0v) is 9.19. The fourth-order valence-corrected chi connectivity index (χ4v) is 1.59. The van der Waals surface area contributed by atoms with Gasteiger partial charge in [0.1, 0.15) is 6.42 Å². The van der Waals surface area contributed by atoms with E-state index in [4.69, 9.17) is 5.11 Å². The topological polar surface area (TPSA) is 69.6 Å². The van der Waals surface area contributed by atoms with E-state index in [-0.39, 0.29) is 24.3 Å². The summed E-state index contributed by atoms with van der Waals surface area (Å²) in [6.45, 7) is 4.58. The van der Waals surface area contributed by atoms with Crippen molar-refractivity contribution in [3.05, 3.63) is 0 Å². The van der Waals surface area contributed by atoms with Crippen LogP contribution in [0.25, 0.3) is 0 Å². The highest BCUT2D eigenvalue weighted by Gasteiger charge is 2.26. The molecule has 2 unspecified atom stereocenters. The second-order valence-corrected chi connectivity index (χ2v) is 4.05. The number of hydrogen-bond donors (Lipinski definition) is 2. The summed E-state index contributed by atoms with van der Waals surface area (Å²) in [4.78, 5) is 24.4. The monoisotopic (exact) mass is 214 g/mol. The maximum atomic E-state index is 11.6. The predicted octanol–water partition coefficient (Wildman–Crippen LogP) is -0.506. The van der Waals surface area contributed by atoms with E-state index in [9.17, 15) is 9.59 Å². The first kappa shape index (κ1) is 12.0. The molecule has 1 aliphatic rings. The first-order chi connectivity index (χ1) is 7.00. The summed E-state index contributed by atoms with van der Waals surface area (Å²) in [5, 5.41) is 11.8. The zero-order valence-electron chi connectivity index (χ0n) is 9.19. The van der Waals surface area contributed by atoms with E-state index in [1.807, 2.05) is 6.92 Å². The van der Waals surface area contributed by atoms with Gasteiger partial charge < -0.3 is 15.3 Å². The summed E-state index contributed by atoms with van der Waals surface area (Å²) in [7, 11) is 0. The van der Waals surface area contributed by atoms with Crippen LogP contribution in [0.1, 0.15) is 26.7 Å². The number of nitrogens with zero attached hydrogens (tertiary/aromatic N) is 1. The molecule has 0 aliphatic carbocycles. The highest BCUT2D eigenvalue weighted by atomic mass is 16.3. The van der Waals surface area contributed by atoms with Crippen LogP contribution in [0, 0.1) is 0 Å². The standard InChI is InChI=1S/C10H18N2O3/c1-7-6-11-9(14)5-10(15)12(7)4-3-8(2)13/h7-8,13H,3-6H2,1-2H3,(H,11,14). The van der Waals surface area contributed by atoms with Crippen LogP contribution < -0.4 is 5.32 Å². The summed E-state index contributed by atoms with van der Waals surface area (Å²) in [5.74, 6) is -0.371. The molecule has 1 fully saturated rings. The molecule has 0 aromatic rings. The summed E-state index contributed by atoms with van der Waals surface area (Å²) >= 11 is 0. The van der Waals surface area contributed by atoms with Crippen molar-refractivity contribution in [1.29, 1.82) is 0 Å². The molecule has 0 aromatic heterocycles. The molecule has 1 heterocycles. The predicted molar refractivity (Wildman–Crippen MR) is 55.1 cm³/mol. The Morgan fingerprint density at radius 3 is 2.87 bits per heavy atom. The lowest BCUT2D eigenvalue weighted by atomic mass is 10.2. The highest BCUT2D eigenvalue weighted by molar-refractivity contribution is 5.97. The van der Waals surface area contributed by atoms with E-state index in [1.165, 1.54) is 0 Å². The Morgan fingerprint density at radius 2 is 2.27 bits per heavy atom. The fraction of sp³-hybridized carbons (Fsp3) is 0.800. The Kier molecular flexibility index (Phi) is 4.08. The van der Waals surface area contributed by atoms with Crippen LogP contribution >= 0.6 is 0 Å². The first-order valence-electron chi connectivity index (χ1n) is 5.25. The quantitative estimate of drug-likeness (QED) is 0.622. The van der Waals surface area contributed by atoms with Gasteiger partial charge in [0.05, 0.1) is 6.10 Å². The van der Waals surface area contributed by atoms with Crippen molar-refractivity contribution in [2.75, 3.05) is 13.1 Å². The van der Waals surface area contributed by atoms with Gasteiger partial charge in [0.2, 0.25) is 11.8 Å². The number of hydrogen-bond acceptors (Lipinski definition) is 3. The molecule has 0 spiro atoms. The van der Waals surface area contributed by atoms with Gasteiger partial charge in [-0.15, -0.1) is 0 Å². The normalized spacial score (nSPS) is 24.7. The van der Waals surface area contributed by atoms with Crippen molar-refractivity contribution in [3.8, 4) is 0 Å². The van der Waals surface area contributed by atoms with Crippen molar-refractivity contribution >= 4 is 11.8 Å². The molecule has 5 nitrogen and oxygen atoms in total. The second-order valence-electron chi connectivity index (χ2n) is 4.05. The van der Waals surface area contributed by atoms with Crippen LogP contribution in [0.15, 0.2) is 0 Å². The molecule has 2 atom stereocenters. The number of nitrogens with one attached hydrogen (secondary N) is 1. The van der Waals surface area contributed by atoms with Gasteiger partial charge in [-0.05, 0) is 20.3 Å². The molecule has 0 aromatic carbocycles. The molecular weight excluding hydrogens is 196 g/mol. The Labute approximate surface area is 89.4 Å². The van der Waals surface area contributed by atoms with Gasteiger partial charge >= 0.3 is 0 Å². The van der Waals surface area contributed by atoms with Crippen LogP contribution in [-0.2, 0) is 9.59 Å². The lowest BCUT2D eigenvalue weighted by Gasteiger charge is -2.27. The SMILES string of the molecule is CC(O)CCN1C(=O)CC(=O)NCC1C. The van der Waals surface area contributed by atoms with Crippen molar-refractivity contribution in [3.63, 3.8) is 0 Å². The van der Waals surface area contributed by atoms with Crippen molar-refractivity contribution in [1.82, 2.24) is 10.2 Å². The number of carbonyl (C=O) groups excluding carboxylic acids is 2. The zero-order chi connectivity index (χ0) is 11.4. The van der Waals surface area contributed by atoms with Crippen LogP contribution in [-0.4, -0.2) is 47.1 Å². The third-order valence-corrected chi connectivity index (χ3v) is 2.55. The molecule has 0 saturated carbocycles. The van der Waals surface area contributed by atoms with Crippen molar-refractivity contribution in [2.24, 2.45) is 0 Å². The number of rotatable bonds is 3. The summed E-state index contributed by atoms with van der Waals surface area (Å²) in [6.07, 6.45) is 0.0472. The Balaban J connectivity index is 2.58. The number of carbonyl (C=O) groups is 2. The summed E-state index contributed by atoms with van der Waals surface area (Å²) < 4.78 is 0. The van der Waals surface area contributed by atoms with E-state index in [2.05, 4.69) is 5.32 Å². The molecule has 15 heavy (non-hydrogen) atoms. The maximum Gasteiger partial charge on any atom is 0.232 e. The van der Waals surface area contributed by atoms with E-state index >= 15 is 0 Å². The van der Waals surface area contributed by atoms with E-state index in [1.54, 1.807) is 11.8 Å². The first-order valence-corrected chi connectivity index (χ1v) is 5.25. The smallest absolute Gasteiger partial charge is 0.232 e. The molecule has 2 N–H and O–H groups in total. The van der Waals surface area contributed by atoms with E-state index in [0.717, 1.165) is 0 Å². The average Bonchev–Trinajstić information content (AvgIpc) is 2.24. The van der Waals surface area contributed by atoms with Gasteiger partial charge in [-0.1, -0.05) is 0 Å². The van der Waals surface area contributed by atoms with Gasteiger partial charge in [0, 0.05) is 19.1 Å². The third kappa shape index (κ3) is 3.51. The lowest BCUT2D eigenvalue weighted by molar-refractivity contribution is -0.135. The number of amides is 2. The fourth-order valence-electron chi connectivity index (χ4n) is 1.59. The molecule has 0 bridgehead atoms. The third-order valence-electron chi connectivity index (χ3n) is 2.55. The van der Waals surface area contributed by atoms with Gasteiger partial charge in [-0.25, -0.2) is 0 Å². The molecule has 1 rings (SSSR count). The number of aliphatic hydroxyl groups excluding tert-OH is 1. The van der Waals surface area contributed by atoms with Crippen molar-refractivity contribution < 1.29 is 14.7 Å². The van der Waals surface area contributed by atoms with Crippen LogP contribution in [0.3, 0.4) is 0 Å². The molecule has 0 radical (unpaired) electrons. The highest BCUT2D eigenvalue weighted by Crippen LogP contribution is 2.07. The molecule has 1 saturated heterocycles. The Morgan fingerprint density at radius 1 is 1.60 bits per heavy atom. The van der Waals surface area contributed by atoms with Crippen LogP contribution in [0.5, 0.6) is 0 Å². The van der Waals surface area contributed by atoms with Gasteiger partial charge in [0.25, 0.3) is 0 Å². The van der Waals surface area contributed by atoms with Gasteiger partial charge in [0.15, 0.2) is 0 Å². The number of aliphatic hydroxyl groups is 1. The van der Waals surface area contributed by atoms with Gasteiger partial charge in [-0.3, -0.25) is 9.59 Å². The minimum Gasteiger partial charge on any atom is -0.393 e. The molecule has 1 aliphatic heterocycles. The molecule has 5 heteroatoms. The largest absolute Gasteiger partial charge is 0.393 e. The van der Waals surface area contributed by atoms with E-state index in [0.29, 0.717) is 19.5 Å². The van der Waals surface area contributed by atoms with Crippen LogP contribution in [0.2, 0.25) is 0 Å². The minimum absolute atomic E-state index is 0.00250. The Hall–Kier alpha value is -1.10. The summed E-state index contributed by atoms with van der Waals surface area (Å²) in [6, 6.07) is 0.00250. The molecule has 2 amide bonds. The second kappa shape index (κ2) is 5.11.